The predicted octanol–water partition coefficient (Wildman–Crippen LogP) is 5.59. The zero-order valence-corrected chi connectivity index (χ0v) is 23.1. The lowest BCUT2D eigenvalue weighted by Crippen LogP contribution is -2.42. The van der Waals surface area contributed by atoms with Crippen molar-refractivity contribution in [1.82, 2.24) is 19.6 Å². The minimum atomic E-state index is 0.412. The first kappa shape index (κ1) is 27.9. The van der Waals surface area contributed by atoms with Crippen molar-refractivity contribution >= 4 is 0 Å². The molecule has 2 heterocycles. The van der Waals surface area contributed by atoms with E-state index in [1.165, 1.54) is 25.9 Å². The molecule has 4 heteroatoms. The van der Waals surface area contributed by atoms with Gasteiger partial charge in [-0.3, -0.25) is 19.6 Å². The van der Waals surface area contributed by atoms with E-state index in [9.17, 15) is 0 Å². The van der Waals surface area contributed by atoms with Gasteiger partial charge in [0.1, 0.15) is 0 Å². The lowest BCUT2D eigenvalue weighted by molar-refractivity contribution is 0.0838. The van der Waals surface area contributed by atoms with Crippen LogP contribution in [0, 0.1) is 10.8 Å². The summed E-state index contributed by atoms with van der Waals surface area (Å²) in [5, 5.41) is 0. The van der Waals surface area contributed by atoms with Crippen LogP contribution in [0.5, 0.6) is 0 Å². The van der Waals surface area contributed by atoms with Crippen molar-refractivity contribution in [1.29, 1.82) is 0 Å². The van der Waals surface area contributed by atoms with Gasteiger partial charge >= 0.3 is 0 Å². The molecule has 4 atom stereocenters. The Bertz CT molecular complexity index is 476. The maximum Gasteiger partial charge on any atom is 0.0633 e. The number of nitrogens with zero attached hydrogens (tertiary/aromatic N) is 4. The van der Waals surface area contributed by atoms with Crippen LogP contribution in [-0.2, 0) is 0 Å². The summed E-state index contributed by atoms with van der Waals surface area (Å²) in [6.07, 6.45) is 3.76. The Morgan fingerprint density at radius 2 is 0.833 bits per heavy atom. The lowest BCUT2D eigenvalue weighted by Gasteiger charge is -2.35. The number of likely N-dealkylation sites (N-methyl/N-ethyl adjacent to an activating group) is 4. The number of rotatable bonds is 4. The molecule has 0 aliphatic carbocycles. The highest BCUT2D eigenvalue weighted by molar-refractivity contribution is 4.94. The molecule has 0 aromatic carbocycles. The maximum absolute atomic E-state index is 2.67. The van der Waals surface area contributed by atoms with Gasteiger partial charge in [-0.2, -0.15) is 0 Å². The molecule has 2 fully saturated rings. The molecule has 0 N–H and O–H groups in total. The Hall–Kier alpha value is -0.160. The summed E-state index contributed by atoms with van der Waals surface area (Å²) in [5.41, 5.74) is 0.826. The van der Waals surface area contributed by atoms with Crippen molar-refractivity contribution in [3.05, 3.63) is 0 Å². The van der Waals surface area contributed by atoms with Crippen molar-refractivity contribution in [3.63, 3.8) is 0 Å². The van der Waals surface area contributed by atoms with Gasteiger partial charge in [0, 0.05) is 24.2 Å². The third-order valence-corrected chi connectivity index (χ3v) is 7.75. The molecule has 0 radical (unpaired) electrons. The third-order valence-electron chi connectivity index (χ3n) is 7.75. The van der Waals surface area contributed by atoms with Gasteiger partial charge in [0.15, 0.2) is 0 Å². The van der Waals surface area contributed by atoms with Gasteiger partial charge in [0.25, 0.3) is 0 Å². The SMILES string of the molecule is CC1C(C)N(C)C(CC(C)(C)C)N1C.CCN1C(C)C(C)N(CC)C1CC(C)(C)C. The van der Waals surface area contributed by atoms with Crippen LogP contribution < -0.4 is 0 Å². The highest BCUT2D eigenvalue weighted by atomic mass is 15.4. The van der Waals surface area contributed by atoms with Crippen molar-refractivity contribution in [2.75, 3.05) is 27.2 Å². The van der Waals surface area contributed by atoms with E-state index in [0.29, 0.717) is 47.3 Å². The summed E-state index contributed by atoms with van der Waals surface area (Å²) in [6, 6.07) is 2.73. The van der Waals surface area contributed by atoms with Crippen LogP contribution in [-0.4, -0.2) is 83.3 Å². The molecule has 0 amide bonds. The molecule has 4 unspecified atom stereocenters. The van der Waals surface area contributed by atoms with Crippen molar-refractivity contribution in [3.8, 4) is 0 Å². The molecule has 0 aromatic rings. The second-order valence-corrected chi connectivity index (χ2v) is 12.4. The highest BCUT2D eigenvalue weighted by Gasteiger charge is 2.42. The molecule has 2 aliphatic rings. The summed E-state index contributed by atoms with van der Waals surface area (Å²) in [5.74, 6) is 0. The van der Waals surface area contributed by atoms with Crippen molar-refractivity contribution in [2.24, 2.45) is 10.8 Å². The zero-order valence-electron chi connectivity index (χ0n) is 23.1. The van der Waals surface area contributed by atoms with Crippen LogP contribution in [0.25, 0.3) is 0 Å². The Kier molecular flexibility index (Phi) is 9.88. The fraction of sp³-hybridized carbons (Fsp3) is 1.00. The Morgan fingerprint density at radius 1 is 0.533 bits per heavy atom. The van der Waals surface area contributed by atoms with E-state index in [0.717, 1.165) is 0 Å². The molecule has 0 spiro atoms. The molecule has 0 saturated carbocycles. The fourth-order valence-electron chi connectivity index (χ4n) is 5.41. The molecule has 2 saturated heterocycles. The Labute approximate surface area is 190 Å². The normalized spacial score (nSPS) is 35.0. The van der Waals surface area contributed by atoms with Crippen LogP contribution >= 0.6 is 0 Å². The smallest absolute Gasteiger partial charge is 0.0633 e. The second-order valence-electron chi connectivity index (χ2n) is 12.4. The van der Waals surface area contributed by atoms with E-state index < -0.39 is 0 Å². The van der Waals surface area contributed by atoms with Crippen LogP contribution in [0.4, 0.5) is 0 Å². The first-order valence-electron chi connectivity index (χ1n) is 12.5. The van der Waals surface area contributed by atoms with Gasteiger partial charge < -0.3 is 0 Å². The average molecular weight is 425 g/mol. The summed E-state index contributed by atoms with van der Waals surface area (Å²) >= 11 is 0. The van der Waals surface area contributed by atoms with E-state index in [1.54, 1.807) is 0 Å². The molecule has 2 aliphatic heterocycles. The molecule has 2 rings (SSSR count). The third kappa shape index (κ3) is 6.92. The topological polar surface area (TPSA) is 13.0 Å². The first-order chi connectivity index (χ1) is 13.6. The van der Waals surface area contributed by atoms with Gasteiger partial charge in [0.05, 0.1) is 12.3 Å². The van der Waals surface area contributed by atoms with Crippen molar-refractivity contribution in [2.45, 2.75) is 132 Å². The highest BCUT2D eigenvalue weighted by Crippen LogP contribution is 2.34. The van der Waals surface area contributed by atoms with E-state index in [1.807, 2.05) is 0 Å². The standard InChI is InChI=1S/C14H30N2.C12H26N2/c1-8-15-11(3)12(4)16(9-2)13(15)10-14(5,6)7;1-9-10(2)14(7)11(13(9)6)8-12(3,4)5/h11-13H,8-10H2,1-7H3;9-11H,8H2,1-7H3. The van der Waals surface area contributed by atoms with Gasteiger partial charge in [0.2, 0.25) is 0 Å². The molecule has 4 nitrogen and oxygen atoms in total. The van der Waals surface area contributed by atoms with Crippen LogP contribution in [0.1, 0.15) is 95.9 Å². The Morgan fingerprint density at radius 3 is 1.10 bits per heavy atom. The molecular formula is C26H56N4. The lowest BCUT2D eigenvalue weighted by atomic mass is 9.90. The van der Waals surface area contributed by atoms with E-state index in [2.05, 4.69) is 117 Å². The van der Waals surface area contributed by atoms with E-state index in [4.69, 9.17) is 0 Å². The van der Waals surface area contributed by atoms with Gasteiger partial charge in [-0.15, -0.1) is 0 Å². The minimum Gasteiger partial charge on any atom is -0.287 e. The summed E-state index contributed by atoms with van der Waals surface area (Å²) in [6.45, 7) is 30.3. The Balaban J connectivity index is 0.000000303. The monoisotopic (exact) mass is 424 g/mol. The summed E-state index contributed by atoms with van der Waals surface area (Å²) in [7, 11) is 4.50. The maximum atomic E-state index is 2.67. The first-order valence-corrected chi connectivity index (χ1v) is 12.5. The van der Waals surface area contributed by atoms with E-state index in [-0.39, 0.29) is 0 Å². The van der Waals surface area contributed by atoms with Gasteiger partial charge in [-0.25, -0.2) is 0 Å². The second kappa shape index (κ2) is 10.6. The number of hydrogen-bond acceptors (Lipinski definition) is 4. The van der Waals surface area contributed by atoms with Crippen LogP contribution in [0.2, 0.25) is 0 Å². The van der Waals surface area contributed by atoms with Gasteiger partial charge in [-0.05, 0) is 78.6 Å². The molecule has 180 valence electrons. The van der Waals surface area contributed by atoms with Gasteiger partial charge in [-0.1, -0.05) is 55.4 Å². The minimum absolute atomic E-state index is 0.412. The fourth-order valence-corrected chi connectivity index (χ4v) is 5.41. The molecular weight excluding hydrogens is 368 g/mol. The van der Waals surface area contributed by atoms with Crippen molar-refractivity contribution < 1.29 is 0 Å². The number of hydrogen-bond donors (Lipinski definition) is 0. The quantitative estimate of drug-likeness (QED) is 0.583. The van der Waals surface area contributed by atoms with Crippen LogP contribution in [0.3, 0.4) is 0 Å². The zero-order chi connectivity index (χ0) is 23.6. The average Bonchev–Trinajstić information content (AvgIpc) is 2.93. The molecule has 30 heavy (non-hydrogen) atoms. The van der Waals surface area contributed by atoms with Crippen LogP contribution in [0.15, 0.2) is 0 Å². The van der Waals surface area contributed by atoms with E-state index >= 15 is 0 Å². The summed E-state index contributed by atoms with van der Waals surface area (Å²) in [4.78, 5) is 10.4. The predicted molar refractivity (Wildman–Crippen MR) is 134 cm³/mol. The largest absolute Gasteiger partial charge is 0.287 e. The molecule has 0 bridgehead atoms. The summed E-state index contributed by atoms with van der Waals surface area (Å²) < 4.78 is 0. The molecule has 0 aromatic heterocycles.